The first-order valence-corrected chi connectivity index (χ1v) is 4.71. The lowest BCUT2D eigenvalue weighted by Crippen LogP contribution is -2.19. The van der Waals surface area contributed by atoms with E-state index in [-0.39, 0.29) is 5.28 Å². The summed E-state index contributed by atoms with van der Waals surface area (Å²) in [6.45, 7) is 2.29. The van der Waals surface area contributed by atoms with Crippen molar-refractivity contribution in [3.63, 3.8) is 0 Å². The van der Waals surface area contributed by atoms with Crippen LogP contribution >= 0.6 is 11.6 Å². The minimum Gasteiger partial charge on any atom is -0.394 e. The predicted molar refractivity (Wildman–Crippen MR) is 56.2 cm³/mol. The summed E-state index contributed by atoms with van der Waals surface area (Å²) in [4.78, 5) is 7.60. The Morgan fingerprint density at radius 3 is 3.07 bits per heavy atom. The molecule has 0 amide bonds. The van der Waals surface area contributed by atoms with Crippen LogP contribution in [-0.4, -0.2) is 27.7 Å². The Balaban J connectivity index is 2.62. The number of hydrogen-bond acceptors (Lipinski definition) is 5. The van der Waals surface area contributed by atoms with Crippen LogP contribution in [0.4, 0.5) is 11.5 Å². The van der Waals surface area contributed by atoms with Crippen molar-refractivity contribution in [3.8, 4) is 0 Å². The zero-order valence-electron chi connectivity index (χ0n) is 7.87. The third kappa shape index (κ3) is 3.01. The van der Waals surface area contributed by atoms with Crippen molar-refractivity contribution < 1.29 is 5.11 Å². The highest BCUT2D eigenvalue weighted by molar-refractivity contribution is 6.28. The van der Waals surface area contributed by atoms with E-state index in [1.807, 2.05) is 6.92 Å². The summed E-state index contributed by atoms with van der Waals surface area (Å²) >= 11 is 5.59. The molecule has 0 fully saturated rings. The zero-order valence-corrected chi connectivity index (χ0v) is 8.62. The van der Waals surface area contributed by atoms with Gasteiger partial charge in [-0.1, -0.05) is 6.92 Å². The van der Waals surface area contributed by atoms with Gasteiger partial charge < -0.3 is 16.2 Å². The molecule has 0 radical (unpaired) electrons. The number of aliphatic hydroxyl groups excluding tert-OH is 1. The number of rotatable bonds is 4. The normalized spacial score (nSPS) is 12.5. The minimum atomic E-state index is -0.414. The molecular weight excluding hydrogens is 204 g/mol. The van der Waals surface area contributed by atoms with Crippen LogP contribution in [0.1, 0.15) is 13.3 Å². The highest BCUT2D eigenvalue weighted by Crippen LogP contribution is 2.15. The van der Waals surface area contributed by atoms with E-state index in [0.29, 0.717) is 24.5 Å². The first kappa shape index (κ1) is 11.0. The lowest BCUT2D eigenvalue weighted by Gasteiger charge is -2.11. The Bertz CT molecular complexity index is 307. The van der Waals surface area contributed by atoms with Crippen molar-refractivity contribution in [2.75, 3.05) is 17.6 Å². The number of halogens is 1. The van der Waals surface area contributed by atoms with Crippen LogP contribution in [-0.2, 0) is 0 Å². The second kappa shape index (κ2) is 4.97. The molecule has 5 nitrogen and oxygen atoms in total. The third-order valence-corrected chi connectivity index (χ3v) is 1.95. The molecule has 0 aliphatic heterocycles. The number of nitrogens with one attached hydrogen (secondary N) is 1. The summed E-state index contributed by atoms with van der Waals surface area (Å²) in [6, 6.07) is 0. The van der Waals surface area contributed by atoms with Gasteiger partial charge in [0.2, 0.25) is 5.28 Å². The van der Waals surface area contributed by atoms with E-state index in [9.17, 15) is 5.11 Å². The fourth-order valence-corrected chi connectivity index (χ4v) is 1.00. The van der Waals surface area contributed by atoms with E-state index < -0.39 is 6.10 Å². The zero-order chi connectivity index (χ0) is 10.6. The fourth-order valence-electron chi connectivity index (χ4n) is 0.870. The van der Waals surface area contributed by atoms with Gasteiger partial charge in [-0.15, -0.1) is 0 Å². The van der Waals surface area contributed by atoms with Gasteiger partial charge in [0.1, 0.15) is 0 Å². The molecule has 1 unspecified atom stereocenters. The van der Waals surface area contributed by atoms with Crippen LogP contribution in [0.25, 0.3) is 0 Å². The van der Waals surface area contributed by atoms with E-state index in [4.69, 9.17) is 17.3 Å². The topological polar surface area (TPSA) is 84.1 Å². The molecule has 0 saturated heterocycles. The first-order valence-electron chi connectivity index (χ1n) is 4.33. The summed E-state index contributed by atoms with van der Waals surface area (Å²) < 4.78 is 0. The maximum atomic E-state index is 9.30. The van der Waals surface area contributed by atoms with Crippen LogP contribution in [0.15, 0.2) is 6.20 Å². The largest absolute Gasteiger partial charge is 0.394 e. The van der Waals surface area contributed by atoms with Crippen molar-refractivity contribution >= 4 is 23.1 Å². The molecule has 0 aliphatic carbocycles. The minimum absolute atomic E-state index is 0.132. The smallest absolute Gasteiger partial charge is 0.224 e. The molecule has 0 saturated carbocycles. The SMILES string of the molecule is CCC(O)CNc1nc(Cl)ncc1N. The van der Waals surface area contributed by atoms with Crippen LogP contribution in [0.5, 0.6) is 0 Å². The number of hydrogen-bond donors (Lipinski definition) is 3. The Morgan fingerprint density at radius 1 is 1.71 bits per heavy atom. The fraction of sp³-hybridized carbons (Fsp3) is 0.500. The molecule has 0 bridgehead atoms. The molecule has 78 valence electrons. The molecule has 4 N–H and O–H groups in total. The lowest BCUT2D eigenvalue weighted by atomic mass is 10.3. The molecule has 0 aromatic carbocycles. The van der Waals surface area contributed by atoms with Gasteiger partial charge >= 0.3 is 0 Å². The number of nitrogens with two attached hydrogens (primary N) is 1. The molecule has 1 aromatic heterocycles. The van der Waals surface area contributed by atoms with Gasteiger partial charge in [0.15, 0.2) is 5.82 Å². The number of aliphatic hydroxyl groups is 1. The van der Waals surface area contributed by atoms with Crippen LogP contribution in [0.2, 0.25) is 5.28 Å². The first-order chi connectivity index (χ1) is 6.63. The second-order valence-corrected chi connectivity index (χ2v) is 3.22. The average Bonchev–Trinajstić information content (AvgIpc) is 2.19. The summed E-state index contributed by atoms with van der Waals surface area (Å²) in [7, 11) is 0. The number of nitrogen functional groups attached to an aromatic ring is 1. The number of aromatic nitrogens is 2. The Labute approximate surface area is 87.3 Å². The Kier molecular flexibility index (Phi) is 3.91. The third-order valence-electron chi connectivity index (χ3n) is 1.76. The van der Waals surface area contributed by atoms with Crippen LogP contribution < -0.4 is 11.1 Å². The van der Waals surface area contributed by atoms with Crippen molar-refractivity contribution in [1.29, 1.82) is 0 Å². The molecule has 1 rings (SSSR count). The maximum Gasteiger partial charge on any atom is 0.224 e. The summed E-state index contributed by atoms with van der Waals surface area (Å²) in [6.07, 6.45) is 1.69. The molecule has 1 aromatic rings. The molecule has 0 spiro atoms. The standard InChI is InChI=1S/C8H13ClN4O/c1-2-5(14)3-11-7-6(10)4-12-8(9)13-7/h4-5,14H,2-3,10H2,1H3,(H,11,12,13). The lowest BCUT2D eigenvalue weighted by molar-refractivity contribution is 0.183. The van der Waals surface area contributed by atoms with E-state index in [0.717, 1.165) is 0 Å². The van der Waals surface area contributed by atoms with Crippen LogP contribution in [0.3, 0.4) is 0 Å². The number of anilines is 2. The van der Waals surface area contributed by atoms with E-state index in [1.165, 1.54) is 6.20 Å². The second-order valence-electron chi connectivity index (χ2n) is 2.89. The van der Waals surface area contributed by atoms with Gasteiger partial charge in [0.05, 0.1) is 18.0 Å². The predicted octanol–water partition coefficient (Wildman–Crippen LogP) is 0.895. The van der Waals surface area contributed by atoms with Gasteiger partial charge in [-0.05, 0) is 18.0 Å². The Hall–Kier alpha value is -1.07. The van der Waals surface area contributed by atoms with Gasteiger partial charge in [-0.2, -0.15) is 4.98 Å². The molecule has 0 aliphatic rings. The van der Waals surface area contributed by atoms with E-state index in [1.54, 1.807) is 0 Å². The molecular formula is C8H13ClN4O. The number of nitrogens with zero attached hydrogens (tertiary/aromatic N) is 2. The summed E-state index contributed by atoms with van der Waals surface area (Å²) in [5.41, 5.74) is 6.00. The van der Waals surface area contributed by atoms with Crippen molar-refractivity contribution in [1.82, 2.24) is 9.97 Å². The molecule has 1 atom stereocenters. The quantitative estimate of drug-likeness (QED) is 0.652. The van der Waals surface area contributed by atoms with Crippen molar-refractivity contribution in [3.05, 3.63) is 11.5 Å². The van der Waals surface area contributed by atoms with Crippen molar-refractivity contribution in [2.24, 2.45) is 0 Å². The molecule has 1 heterocycles. The van der Waals surface area contributed by atoms with Gasteiger partial charge in [-0.25, -0.2) is 4.98 Å². The highest BCUT2D eigenvalue weighted by atomic mass is 35.5. The molecule has 14 heavy (non-hydrogen) atoms. The molecule has 6 heteroatoms. The van der Waals surface area contributed by atoms with E-state index in [2.05, 4.69) is 15.3 Å². The summed E-state index contributed by atoms with van der Waals surface area (Å²) in [5.74, 6) is 0.456. The monoisotopic (exact) mass is 216 g/mol. The Morgan fingerprint density at radius 2 is 2.43 bits per heavy atom. The van der Waals surface area contributed by atoms with Crippen LogP contribution in [0, 0.1) is 0 Å². The average molecular weight is 217 g/mol. The van der Waals surface area contributed by atoms with Gasteiger partial charge in [0, 0.05) is 6.54 Å². The summed E-state index contributed by atoms with van der Waals surface area (Å²) in [5, 5.41) is 12.3. The van der Waals surface area contributed by atoms with Gasteiger partial charge in [-0.3, -0.25) is 0 Å². The van der Waals surface area contributed by atoms with Crippen molar-refractivity contribution in [2.45, 2.75) is 19.4 Å². The highest BCUT2D eigenvalue weighted by Gasteiger charge is 2.05. The van der Waals surface area contributed by atoms with Gasteiger partial charge in [0.25, 0.3) is 0 Å². The van der Waals surface area contributed by atoms with E-state index >= 15 is 0 Å². The maximum absolute atomic E-state index is 9.30.